The van der Waals surface area contributed by atoms with Crippen LogP contribution in [0.4, 0.5) is 18.9 Å². The second-order valence-corrected chi connectivity index (χ2v) is 11.3. The molecule has 0 fully saturated rings. The number of halogens is 3. The van der Waals surface area contributed by atoms with E-state index in [0.29, 0.717) is 35.6 Å². The molecule has 1 aliphatic carbocycles. The van der Waals surface area contributed by atoms with Crippen LogP contribution in [0.15, 0.2) is 67.0 Å². The van der Waals surface area contributed by atoms with Gasteiger partial charge in [-0.25, -0.2) is 9.48 Å². The van der Waals surface area contributed by atoms with Crippen LogP contribution in [0.2, 0.25) is 0 Å². The third-order valence-electron chi connectivity index (χ3n) is 6.82. The van der Waals surface area contributed by atoms with Crippen LogP contribution in [0.1, 0.15) is 77.4 Å². The summed E-state index contributed by atoms with van der Waals surface area (Å²) in [7, 11) is 1.47. The Hall–Kier alpha value is -4.87. The van der Waals surface area contributed by atoms with Crippen molar-refractivity contribution >= 4 is 17.6 Å². The van der Waals surface area contributed by atoms with Gasteiger partial charge in [-0.2, -0.15) is 18.3 Å². The summed E-state index contributed by atoms with van der Waals surface area (Å²) < 4.78 is 60.4. The SMILES string of the molecule is COc1cncc(NC(=O)c2cccc(-n3nc(C(F)(F)F)c4c3C(Oc3ccc(C(=O)OC(C)(C)C)cc3)CCC4)c2)c1. The van der Waals surface area contributed by atoms with Gasteiger partial charge in [0.15, 0.2) is 5.69 Å². The normalized spacial score (nSPS) is 14.8. The molecule has 1 aliphatic rings. The third kappa shape index (κ3) is 6.85. The van der Waals surface area contributed by atoms with Gasteiger partial charge < -0.3 is 19.5 Å². The number of carbonyl (C=O) groups is 2. The van der Waals surface area contributed by atoms with Crippen molar-refractivity contribution < 1.29 is 37.0 Å². The number of alkyl halides is 3. The molecule has 12 heteroatoms. The minimum absolute atomic E-state index is 0.0523. The number of anilines is 1. The fraction of sp³-hybridized carbons (Fsp3) is 0.312. The number of nitrogens with one attached hydrogen (secondary N) is 1. The van der Waals surface area contributed by atoms with Gasteiger partial charge in [0.05, 0.1) is 42.1 Å². The standard InChI is InChI=1S/C32H31F3N4O5/c1-31(2,3)44-30(41)19-11-13-23(14-12-19)43-26-10-6-9-25-27(26)39(38-28(25)32(33,34)35)22-8-5-7-20(15-22)29(40)37-21-16-24(42-4)18-36-17-21/h5,7-8,11-18,26H,6,9-10H2,1-4H3,(H,37,40). The van der Waals surface area contributed by atoms with Crippen LogP contribution >= 0.6 is 0 Å². The van der Waals surface area contributed by atoms with E-state index in [1.807, 2.05) is 0 Å². The molecular weight excluding hydrogens is 577 g/mol. The first-order valence-electron chi connectivity index (χ1n) is 13.9. The van der Waals surface area contributed by atoms with Crippen molar-refractivity contribution in [1.82, 2.24) is 14.8 Å². The highest BCUT2D eigenvalue weighted by Gasteiger charge is 2.42. The van der Waals surface area contributed by atoms with E-state index in [2.05, 4.69) is 15.4 Å². The number of nitrogens with zero attached hydrogens (tertiary/aromatic N) is 3. The van der Waals surface area contributed by atoms with Gasteiger partial charge in [-0.15, -0.1) is 0 Å². The molecule has 0 bridgehead atoms. The summed E-state index contributed by atoms with van der Waals surface area (Å²) in [5.74, 6) is -0.165. The van der Waals surface area contributed by atoms with Crippen LogP contribution < -0.4 is 14.8 Å². The predicted molar refractivity (Wildman–Crippen MR) is 155 cm³/mol. The smallest absolute Gasteiger partial charge is 0.435 e. The Morgan fingerprint density at radius 3 is 2.41 bits per heavy atom. The van der Waals surface area contributed by atoms with Crippen LogP contribution in [0.3, 0.4) is 0 Å². The van der Waals surface area contributed by atoms with E-state index >= 15 is 0 Å². The summed E-state index contributed by atoms with van der Waals surface area (Å²) >= 11 is 0. The maximum atomic E-state index is 14.2. The van der Waals surface area contributed by atoms with Crippen molar-refractivity contribution in [3.8, 4) is 17.2 Å². The van der Waals surface area contributed by atoms with E-state index in [1.54, 1.807) is 69.3 Å². The number of benzene rings is 2. The number of pyridine rings is 1. The van der Waals surface area contributed by atoms with Crippen molar-refractivity contribution in [2.45, 2.75) is 57.9 Å². The van der Waals surface area contributed by atoms with Gasteiger partial charge in [-0.1, -0.05) is 6.07 Å². The first-order valence-corrected chi connectivity index (χ1v) is 13.9. The van der Waals surface area contributed by atoms with Crippen molar-refractivity contribution in [2.24, 2.45) is 0 Å². The Morgan fingerprint density at radius 1 is 0.977 bits per heavy atom. The maximum Gasteiger partial charge on any atom is 0.435 e. The van der Waals surface area contributed by atoms with Crippen molar-refractivity contribution in [1.29, 1.82) is 0 Å². The third-order valence-corrected chi connectivity index (χ3v) is 6.82. The van der Waals surface area contributed by atoms with E-state index in [-0.39, 0.29) is 28.9 Å². The lowest BCUT2D eigenvalue weighted by molar-refractivity contribution is -0.142. The van der Waals surface area contributed by atoms with Gasteiger partial charge in [-0.3, -0.25) is 9.78 Å². The summed E-state index contributed by atoms with van der Waals surface area (Å²) in [6.45, 7) is 5.30. The first kappa shape index (κ1) is 30.6. The Balaban J connectivity index is 1.46. The van der Waals surface area contributed by atoms with Crippen LogP contribution in [-0.4, -0.2) is 39.4 Å². The molecular formula is C32H31F3N4O5. The number of amides is 1. The first-order chi connectivity index (χ1) is 20.8. The number of carbonyl (C=O) groups excluding carboxylic acids is 2. The van der Waals surface area contributed by atoms with Gasteiger partial charge in [0.1, 0.15) is 23.2 Å². The van der Waals surface area contributed by atoms with Crippen molar-refractivity contribution in [3.63, 3.8) is 0 Å². The average molecular weight is 609 g/mol. The summed E-state index contributed by atoms with van der Waals surface area (Å²) in [6, 6.07) is 14.0. The van der Waals surface area contributed by atoms with E-state index in [0.717, 1.165) is 0 Å². The molecule has 0 aliphatic heterocycles. The fourth-order valence-electron chi connectivity index (χ4n) is 4.93. The lowest BCUT2D eigenvalue weighted by atomic mass is 9.92. The van der Waals surface area contributed by atoms with Gasteiger partial charge >= 0.3 is 12.1 Å². The van der Waals surface area contributed by atoms with Crippen LogP contribution in [0.25, 0.3) is 5.69 Å². The van der Waals surface area contributed by atoms with E-state index in [9.17, 15) is 22.8 Å². The highest BCUT2D eigenvalue weighted by molar-refractivity contribution is 6.04. The fourth-order valence-corrected chi connectivity index (χ4v) is 4.93. The molecule has 4 aromatic rings. The molecule has 0 saturated heterocycles. The highest BCUT2D eigenvalue weighted by Crippen LogP contribution is 2.42. The number of hydrogen-bond acceptors (Lipinski definition) is 7. The van der Waals surface area contributed by atoms with Crippen LogP contribution in [0.5, 0.6) is 11.5 Å². The topological polar surface area (TPSA) is 105 Å². The second kappa shape index (κ2) is 12.0. The molecule has 44 heavy (non-hydrogen) atoms. The minimum atomic E-state index is -4.69. The molecule has 1 atom stereocenters. The second-order valence-electron chi connectivity index (χ2n) is 11.3. The van der Waals surface area contributed by atoms with E-state index in [1.165, 1.54) is 30.3 Å². The van der Waals surface area contributed by atoms with Gasteiger partial charge in [0.2, 0.25) is 0 Å². The molecule has 230 valence electrons. The zero-order valence-electron chi connectivity index (χ0n) is 24.6. The molecule has 0 spiro atoms. The Kier molecular flexibility index (Phi) is 8.36. The zero-order valence-corrected chi connectivity index (χ0v) is 24.6. The number of esters is 1. The van der Waals surface area contributed by atoms with Gasteiger partial charge in [0, 0.05) is 17.2 Å². The van der Waals surface area contributed by atoms with Gasteiger partial charge in [0.25, 0.3) is 5.91 Å². The molecule has 2 aromatic heterocycles. The quantitative estimate of drug-likeness (QED) is 0.226. The largest absolute Gasteiger partial charge is 0.495 e. The zero-order chi connectivity index (χ0) is 31.6. The molecule has 9 nitrogen and oxygen atoms in total. The molecule has 2 heterocycles. The highest BCUT2D eigenvalue weighted by atomic mass is 19.4. The van der Waals surface area contributed by atoms with Crippen LogP contribution in [-0.2, 0) is 17.3 Å². The summed E-state index contributed by atoms with van der Waals surface area (Å²) in [6.07, 6.45) is -1.46. The number of rotatable bonds is 7. The predicted octanol–water partition coefficient (Wildman–Crippen LogP) is 6.96. The lowest BCUT2D eigenvalue weighted by Crippen LogP contribution is -2.23. The average Bonchev–Trinajstić information content (AvgIpc) is 3.38. The monoisotopic (exact) mass is 608 g/mol. The number of aromatic nitrogens is 3. The van der Waals surface area contributed by atoms with E-state index < -0.39 is 35.5 Å². The van der Waals surface area contributed by atoms with E-state index in [4.69, 9.17) is 14.2 Å². The van der Waals surface area contributed by atoms with Crippen LogP contribution in [0, 0.1) is 0 Å². The number of ether oxygens (including phenoxy) is 3. The summed E-state index contributed by atoms with van der Waals surface area (Å²) in [5, 5.41) is 6.72. The van der Waals surface area contributed by atoms with Gasteiger partial charge in [-0.05, 0) is 82.5 Å². The number of methoxy groups -OCH3 is 1. The Bertz CT molecular complexity index is 1680. The molecule has 1 N–H and O–H groups in total. The summed E-state index contributed by atoms with van der Waals surface area (Å²) in [4.78, 5) is 29.5. The Morgan fingerprint density at radius 2 is 1.73 bits per heavy atom. The molecule has 5 rings (SSSR count). The summed E-state index contributed by atoms with van der Waals surface area (Å²) in [5.41, 5.74) is -0.159. The molecule has 1 unspecified atom stereocenters. The molecule has 2 aromatic carbocycles. The lowest BCUT2D eigenvalue weighted by Gasteiger charge is -2.26. The number of hydrogen-bond donors (Lipinski definition) is 1. The molecule has 0 saturated carbocycles. The minimum Gasteiger partial charge on any atom is -0.495 e. The van der Waals surface area contributed by atoms with Crippen molar-refractivity contribution in [2.75, 3.05) is 12.4 Å². The van der Waals surface area contributed by atoms with Crippen molar-refractivity contribution in [3.05, 3.63) is 95.1 Å². The Labute approximate surface area is 252 Å². The molecule has 0 radical (unpaired) electrons. The number of fused-ring (bicyclic) bond motifs is 1. The molecule has 1 amide bonds. The maximum absolute atomic E-state index is 14.2.